The van der Waals surface area contributed by atoms with E-state index in [1.807, 2.05) is 6.92 Å². The predicted molar refractivity (Wildman–Crippen MR) is 73.2 cm³/mol. The molecule has 0 aromatic heterocycles. The summed E-state index contributed by atoms with van der Waals surface area (Å²) in [6.07, 6.45) is 0.962. The normalized spacial score (nSPS) is 14.5. The van der Waals surface area contributed by atoms with Crippen LogP contribution >= 0.6 is 0 Å². The van der Waals surface area contributed by atoms with E-state index in [0.717, 1.165) is 30.7 Å². The monoisotopic (exact) mass is 253 g/mol. The molecule has 1 aromatic rings. The highest BCUT2D eigenvalue weighted by atomic mass is 19.1. The molecule has 0 saturated heterocycles. The fourth-order valence-electron chi connectivity index (χ4n) is 2.28. The number of nitrogens with one attached hydrogen (secondary N) is 1. The van der Waals surface area contributed by atoms with Gasteiger partial charge in [0, 0.05) is 19.8 Å². The Hall–Kier alpha value is -0.930. The van der Waals surface area contributed by atoms with Gasteiger partial charge in [0.05, 0.1) is 0 Å². The summed E-state index contributed by atoms with van der Waals surface area (Å²) in [5.74, 6) is 0.248. The second-order valence-electron chi connectivity index (χ2n) is 4.86. The lowest BCUT2D eigenvalue weighted by molar-refractivity contribution is 0.170. The first-order chi connectivity index (χ1) is 8.58. The molecule has 0 fully saturated rings. The zero-order valence-electron chi connectivity index (χ0n) is 11.8. The zero-order chi connectivity index (χ0) is 13.5. The van der Waals surface area contributed by atoms with Gasteiger partial charge < -0.3 is 10.1 Å². The summed E-state index contributed by atoms with van der Waals surface area (Å²) in [7, 11) is 1.71. The molecule has 1 aromatic carbocycles. The number of ether oxygens (including phenoxy) is 1. The molecule has 2 nitrogen and oxygen atoms in total. The topological polar surface area (TPSA) is 21.3 Å². The Kier molecular flexibility index (Phi) is 6.30. The summed E-state index contributed by atoms with van der Waals surface area (Å²) in [5, 5.41) is 3.44. The zero-order valence-corrected chi connectivity index (χ0v) is 11.8. The van der Waals surface area contributed by atoms with E-state index in [1.54, 1.807) is 19.2 Å². The van der Waals surface area contributed by atoms with Crippen LogP contribution in [-0.4, -0.2) is 20.3 Å². The van der Waals surface area contributed by atoms with Gasteiger partial charge in [-0.15, -0.1) is 0 Å². The van der Waals surface area contributed by atoms with Gasteiger partial charge in [-0.05, 0) is 49.1 Å². The fraction of sp³-hybridized carbons (Fsp3) is 0.600. The molecule has 3 heteroatoms. The van der Waals surface area contributed by atoms with Crippen molar-refractivity contribution in [3.63, 3.8) is 0 Å². The summed E-state index contributed by atoms with van der Waals surface area (Å²) in [6, 6.07) is 5.43. The quantitative estimate of drug-likeness (QED) is 0.803. The summed E-state index contributed by atoms with van der Waals surface area (Å²) in [5.41, 5.74) is 1.99. The van der Waals surface area contributed by atoms with Crippen LogP contribution in [0.15, 0.2) is 18.2 Å². The van der Waals surface area contributed by atoms with Gasteiger partial charge in [0.2, 0.25) is 0 Å². The van der Waals surface area contributed by atoms with Gasteiger partial charge in [0.25, 0.3) is 0 Å². The largest absolute Gasteiger partial charge is 0.385 e. The van der Waals surface area contributed by atoms with Crippen LogP contribution in [0.25, 0.3) is 0 Å². The highest BCUT2D eigenvalue weighted by Crippen LogP contribution is 2.26. The lowest BCUT2D eigenvalue weighted by Gasteiger charge is -2.25. The molecule has 0 radical (unpaired) electrons. The lowest BCUT2D eigenvalue weighted by Crippen LogP contribution is -2.27. The number of hydrogen-bond acceptors (Lipinski definition) is 2. The first-order valence-corrected chi connectivity index (χ1v) is 6.57. The summed E-state index contributed by atoms with van der Waals surface area (Å²) >= 11 is 0. The molecule has 0 spiro atoms. The van der Waals surface area contributed by atoms with Crippen LogP contribution in [0.1, 0.15) is 37.4 Å². The number of hydrogen-bond donors (Lipinski definition) is 1. The Morgan fingerprint density at radius 1 is 1.33 bits per heavy atom. The average Bonchev–Trinajstić information content (AvgIpc) is 2.31. The van der Waals surface area contributed by atoms with Gasteiger partial charge >= 0.3 is 0 Å². The molecule has 1 rings (SSSR count). The Labute approximate surface area is 110 Å². The van der Waals surface area contributed by atoms with Crippen molar-refractivity contribution in [1.82, 2.24) is 5.32 Å². The second kappa shape index (κ2) is 7.49. The van der Waals surface area contributed by atoms with Gasteiger partial charge in [-0.3, -0.25) is 0 Å². The smallest absolute Gasteiger partial charge is 0.123 e. The van der Waals surface area contributed by atoms with E-state index >= 15 is 0 Å². The maximum Gasteiger partial charge on any atom is 0.123 e. The van der Waals surface area contributed by atoms with Crippen molar-refractivity contribution in [3.8, 4) is 0 Å². The van der Waals surface area contributed by atoms with E-state index in [9.17, 15) is 4.39 Å². The average molecular weight is 253 g/mol. The van der Waals surface area contributed by atoms with E-state index < -0.39 is 0 Å². The van der Waals surface area contributed by atoms with Gasteiger partial charge in [0.15, 0.2) is 0 Å². The maximum atomic E-state index is 13.5. The molecule has 102 valence electrons. The van der Waals surface area contributed by atoms with E-state index in [1.165, 1.54) is 0 Å². The summed E-state index contributed by atoms with van der Waals surface area (Å²) < 4.78 is 18.6. The minimum Gasteiger partial charge on any atom is -0.385 e. The molecule has 1 N–H and O–H groups in total. The first kappa shape index (κ1) is 15.1. The van der Waals surface area contributed by atoms with Crippen LogP contribution in [0.4, 0.5) is 4.39 Å². The molecule has 0 aliphatic carbocycles. The van der Waals surface area contributed by atoms with Crippen LogP contribution < -0.4 is 5.32 Å². The molecule has 2 atom stereocenters. The van der Waals surface area contributed by atoms with Crippen molar-refractivity contribution in [2.45, 2.75) is 33.2 Å². The Morgan fingerprint density at radius 2 is 2.06 bits per heavy atom. The van der Waals surface area contributed by atoms with Gasteiger partial charge in [-0.2, -0.15) is 0 Å². The van der Waals surface area contributed by atoms with Crippen LogP contribution in [0.2, 0.25) is 0 Å². The molecule has 0 heterocycles. The van der Waals surface area contributed by atoms with E-state index in [0.29, 0.717) is 5.92 Å². The first-order valence-electron chi connectivity index (χ1n) is 6.57. The molecular weight excluding hydrogens is 229 g/mol. The van der Waals surface area contributed by atoms with Crippen LogP contribution in [0, 0.1) is 18.7 Å². The van der Waals surface area contributed by atoms with Gasteiger partial charge in [-0.25, -0.2) is 4.39 Å². The standard InChI is InChI=1S/C15H24FNO/c1-5-17-15(12(3)6-7-18-4)13-8-11(2)9-14(16)10-13/h8-10,12,15,17H,5-7H2,1-4H3. The molecule has 0 saturated carbocycles. The van der Waals surface area contributed by atoms with E-state index in [-0.39, 0.29) is 11.9 Å². The van der Waals surface area contributed by atoms with Crippen molar-refractivity contribution in [2.24, 2.45) is 5.92 Å². The molecule has 2 unspecified atom stereocenters. The fourth-order valence-corrected chi connectivity index (χ4v) is 2.28. The maximum absolute atomic E-state index is 13.5. The third-order valence-corrected chi connectivity index (χ3v) is 3.19. The lowest BCUT2D eigenvalue weighted by atomic mass is 9.91. The van der Waals surface area contributed by atoms with Gasteiger partial charge in [-0.1, -0.05) is 19.9 Å². The van der Waals surface area contributed by atoms with E-state index in [2.05, 4.69) is 25.2 Å². The minimum absolute atomic E-state index is 0.160. The summed E-state index contributed by atoms with van der Waals surface area (Å²) in [6.45, 7) is 7.78. The van der Waals surface area contributed by atoms with Crippen LogP contribution in [-0.2, 0) is 4.74 Å². The number of halogens is 1. The van der Waals surface area contributed by atoms with Crippen molar-refractivity contribution in [2.75, 3.05) is 20.3 Å². The second-order valence-corrected chi connectivity index (χ2v) is 4.86. The molecule has 0 amide bonds. The number of rotatable bonds is 7. The van der Waals surface area contributed by atoms with Gasteiger partial charge in [0.1, 0.15) is 5.82 Å². The SMILES string of the molecule is CCNC(c1cc(C)cc(F)c1)C(C)CCOC. The highest BCUT2D eigenvalue weighted by molar-refractivity contribution is 5.26. The minimum atomic E-state index is -0.160. The molecule has 0 bridgehead atoms. The van der Waals surface area contributed by atoms with Crippen LogP contribution in [0.3, 0.4) is 0 Å². The number of methoxy groups -OCH3 is 1. The van der Waals surface area contributed by atoms with Crippen LogP contribution in [0.5, 0.6) is 0 Å². The Bertz CT molecular complexity index is 347. The number of aryl methyl sites for hydroxylation is 1. The third kappa shape index (κ3) is 4.39. The molecular formula is C15H24FNO. The highest BCUT2D eigenvalue weighted by Gasteiger charge is 2.19. The van der Waals surface area contributed by atoms with Crippen molar-refractivity contribution in [3.05, 3.63) is 35.1 Å². The Balaban J connectivity index is 2.88. The molecule has 18 heavy (non-hydrogen) atoms. The predicted octanol–water partition coefficient (Wildman–Crippen LogP) is 3.46. The third-order valence-electron chi connectivity index (χ3n) is 3.19. The van der Waals surface area contributed by atoms with Crippen molar-refractivity contribution in [1.29, 1.82) is 0 Å². The summed E-state index contributed by atoms with van der Waals surface area (Å²) in [4.78, 5) is 0. The Morgan fingerprint density at radius 3 is 2.61 bits per heavy atom. The molecule has 0 aliphatic rings. The number of benzene rings is 1. The van der Waals surface area contributed by atoms with Crippen molar-refractivity contribution < 1.29 is 9.13 Å². The van der Waals surface area contributed by atoms with E-state index in [4.69, 9.17) is 4.74 Å². The van der Waals surface area contributed by atoms with Crippen molar-refractivity contribution >= 4 is 0 Å². The molecule has 0 aliphatic heterocycles.